The summed E-state index contributed by atoms with van der Waals surface area (Å²) in [5, 5.41) is 1.60. The van der Waals surface area contributed by atoms with Crippen molar-refractivity contribution in [3.63, 3.8) is 0 Å². The topological polar surface area (TPSA) is 35.1 Å². The van der Waals surface area contributed by atoms with Crippen LogP contribution >= 0.6 is 11.6 Å². The fourth-order valence-corrected chi connectivity index (χ4v) is 2.82. The lowest BCUT2D eigenvalue weighted by molar-refractivity contribution is 0.917. The second kappa shape index (κ2) is 5.78. The summed E-state index contributed by atoms with van der Waals surface area (Å²) in [7, 11) is 1.93. The van der Waals surface area contributed by atoms with Crippen molar-refractivity contribution in [2.24, 2.45) is 7.05 Å². The molecule has 0 fully saturated rings. The smallest absolute Gasteiger partial charge is 0.218 e. The van der Waals surface area contributed by atoms with Gasteiger partial charge in [0.05, 0.1) is 34.5 Å². The van der Waals surface area contributed by atoms with Crippen molar-refractivity contribution in [1.82, 2.24) is 14.5 Å². The van der Waals surface area contributed by atoms with Gasteiger partial charge in [-0.2, -0.15) is 0 Å². The number of aryl methyl sites for hydroxylation is 2. The monoisotopic (exact) mass is 310 g/mol. The molecular weight excluding hydrogens is 296 g/mol. The highest BCUT2D eigenvalue weighted by Gasteiger charge is 2.11. The van der Waals surface area contributed by atoms with Crippen LogP contribution in [0.25, 0.3) is 27.1 Å². The number of imidazole rings is 1. The van der Waals surface area contributed by atoms with Crippen molar-refractivity contribution in [3.05, 3.63) is 58.3 Å². The first-order chi connectivity index (χ1) is 10.6. The molecule has 0 atom stereocenters. The van der Waals surface area contributed by atoms with Crippen LogP contribution in [0, 0.1) is 13.5 Å². The molecule has 0 radical (unpaired) electrons. The molecule has 0 saturated carbocycles. The van der Waals surface area contributed by atoms with Crippen molar-refractivity contribution < 1.29 is 0 Å². The molecule has 0 aliphatic heterocycles. The van der Waals surface area contributed by atoms with Crippen LogP contribution in [0.5, 0.6) is 0 Å². The summed E-state index contributed by atoms with van der Waals surface area (Å²) in [5.74, 6) is 0. The van der Waals surface area contributed by atoms with E-state index in [2.05, 4.69) is 15.9 Å². The number of benzene rings is 1. The molecule has 5 heteroatoms. The number of fused-ring (bicyclic) bond motifs is 1. The third-order valence-corrected chi connectivity index (χ3v) is 4.10. The fourth-order valence-electron chi connectivity index (χ4n) is 2.56. The minimum atomic E-state index is 0.491. The summed E-state index contributed by atoms with van der Waals surface area (Å²) < 4.78 is 1.92. The van der Waals surface area contributed by atoms with Crippen molar-refractivity contribution in [1.29, 1.82) is 0 Å². The first kappa shape index (κ1) is 14.6. The molecule has 3 rings (SSSR count). The van der Waals surface area contributed by atoms with E-state index < -0.39 is 0 Å². The molecule has 1 aromatic carbocycles. The molecule has 22 heavy (non-hydrogen) atoms. The molecule has 0 aliphatic carbocycles. The summed E-state index contributed by atoms with van der Waals surface area (Å²) >= 11 is 6.46. The van der Waals surface area contributed by atoms with Gasteiger partial charge >= 0.3 is 0 Å². The van der Waals surface area contributed by atoms with Crippen LogP contribution in [-0.2, 0) is 13.5 Å². The van der Waals surface area contributed by atoms with Crippen LogP contribution in [0.2, 0.25) is 5.02 Å². The van der Waals surface area contributed by atoms with Crippen LogP contribution in [0.3, 0.4) is 0 Å². The Kier molecular flexibility index (Phi) is 3.82. The van der Waals surface area contributed by atoms with Gasteiger partial charge in [-0.25, -0.2) is 16.5 Å². The molecule has 110 valence electrons. The Morgan fingerprint density at radius 2 is 2.14 bits per heavy atom. The highest BCUT2D eigenvalue weighted by Crippen LogP contribution is 2.30. The van der Waals surface area contributed by atoms with Crippen LogP contribution in [0.15, 0.2) is 30.7 Å². The predicted octanol–water partition coefficient (Wildman–Crippen LogP) is 4.06. The molecule has 0 amide bonds. The van der Waals surface area contributed by atoms with Gasteiger partial charge in [0.15, 0.2) is 0 Å². The Hall–Kier alpha value is -2.38. The van der Waals surface area contributed by atoms with E-state index in [0.29, 0.717) is 11.6 Å². The first-order valence-electron chi connectivity index (χ1n) is 7.00. The van der Waals surface area contributed by atoms with Gasteiger partial charge in [-0.15, -0.1) is 0 Å². The van der Waals surface area contributed by atoms with E-state index in [9.17, 15) is 0 Å². The van der Waals surface area contributed by atoms with E-state index in [1.54, 1.807) is 12.5 Å². The van der Waals surface area contributed by atoms with E-state index in [1.165, 1.54) is 0 Å². The van der Waals surface area contributed by atoms with E-state index in [1.807, 2.05) is 30.7 Å². The van der Waals surface area contributed by atoms with Crippen molar-refractivity contribution in [3.8, 4) is 11.4 Å². The first-order valence-corrected chi connectivity index (χ1v) is 7.37. The van der Waals surface area contributed by atoms with Gasteiger partial charge in [0.2, 0.25) is 6.54 Å². The molecule has 3 aromatic rings. The molecular formula is C17H15ClN4. The van der Waals surface area contributed by atoms with Gasteiger partial charge in [0.1, 0.15) is 0 Å². The highest BCUT2D eigenvalue weighted by atomic mass is 35.5. The summed E-state index contributed by atoms with van der Waals surface area (Å²) in [6.07, 6.45) is 4.26. The number of hydrogen-bond acceptors (Lipinski definition) is 2. The Bertz CT molecular complexity index is 890. The standard InChI is InChI=1S/C17H15ClN4/c1-11-6-15-13(7-12(11)4-5-19-2)14(18)8-16(21-15)17-9-20-10-22(17)3/h6-10H,4-5H2,1,3H3. The Morgan fingerprint density at radius 3 is 2.82 bits per heavy atom. The Morgan fingerprint density at radius 1 is 1.32 bits per heavy atom. The van der Waals surface area contributed by atoms with Crippen molar-refractivity contribution in [2.45, 2.75) is 13.3 Å². The quantitative estimate of drug-likeness (QED) is 0.684. The van der Waals surface area contributed by atoms with E-state index >= 15 is 0 Å². The number of nitrogens with zero attached hydrogens (tertiary/aromatic N) is 4. The van der Waals surface area contributed by atoms with Crippen LogP contribution in [0.1, 0.15) is 11.1 Å². The summed E-state index contributed by atoms with van der Waals surface area (Å²) in [4.78, 5) is 12.3. The molecule has 0 bridgehead atoms. The average Bonchev–Trinajstić information content (AvgIpc) is 2.91. The average molecular weight is 311 g/mol. The molecule has 0 spiro atoms. The fraction of sp³-hybridized carbons (Fsp3) is 0.235. The molecule has 2 heterocycles. The number of aromatic nitrogens is 3. The maximum Gasteiger partial charge on any atom is 0.218 e. The normalized spacial score (nSPS) is 10.8. The summed E-state index contributed by atoms with van der Waals surface area (Å²) in [6.45, 7) is 9.47. The van der Waals surface area contributed by atoms with Crippen LogP contribution in [0.4, 0.5) is 0 Å². The van der Waals surface area contributed by atoms with Gasteiger partial charge in [0, 0.05) is 18.9 Å². The highest BCUT2D eigenvalue weighted by molar-refractivity contribution is 6.35. The minimum absolute atomic E-state index is 0.491. The number of pyridine rings is 1. The molecule has 4 nitrogen and oxygen atoms in total. The molecule has 0 aliphatic rings. The number of halogens is 1. The molecule has 0 N–H and O–H groups in total. The van der Waals surface area contributed by atoms with E-state index in [0.717, 1.165) is 39.8 Å². The minimum Gasteiger partial charge on any atom is -0.332 e. The van der Waals surface area contributed by atoms with Crippen LogP contribution in [-0.4, -0.2) is 21.1 Å². The zero-order chi connectivity index (χ0) is 15.7. The second-order valence-corrected chi connectivity index (χ2v) is 5.71. The van der Waals surface area contributed by atoms with E-state index in [4.69, 9.17) is 23.2 Å². The van der Waals surface area contributed by atoms with Gasteiger partial charge in [-0.3, -0.25) is 0 Å². The third-order valence-electron chi connectivity index (χ3n) is 3.79. The third kappa shape index (κ3) is 2.56. The van der Waals surface area contributed by atoms with Crippen molar-refractivity contribution in [2.75, 3.05) is 6.54 Å². The summed E-state index contributed by atoms with van der Waals surface area (Å²) in [5.41, 5.74) is 4.90. The zero-order valence-corrected chi connectivity index (χ0v) is 13.2. The number of hydrogen-bond donors (Lipinski definition) is 0. The SMILES string of the molecule is [C-]#[N+]CCc1cc2c(Cl)cc(-c3cncn3C)nc2cc1C. The zero-order valence-electron chi connectivity index (χ0n) is 12.5. The largest absolute Gasteiger partial charge is 0.332 e. The molecule has 2 aromatic heterocycles. The Labute approximate surface area is 134 Å². The molecule has 0 saturated heterocycles. The summed E-state index contributed by atoms with van der Waals surface area (Å²) in [6, 6.07) is 5.97. The van der Waals surface area contributed by atoms with Gasteiger partial charge in [-0.05, 0) is 36.2 Å². The second-order valence-electron chi connectivity index (χ2n) is 5.31. The lowest BCUT2D eigenvalue weighted by Gasteiger charge is -2.09. The van der Waals surface area contributed by atoms with Gasteiger partial charge < -0.3 is 9.41 Å². The van der Waals surface area contributed by atoms with Gasteiger partial charge in [-0.1, -0.05) is 11.6 Å². The van der Waals surface area contributed by atoms with Crippen LogP contribution < -0.4 is 0 Å². The maximum absolute atomic E-state index is 6.93. The lowest BCUT2D eigenvalue weighted by atomic mass is 10.0. The predicted molar refractivity (Wildman–Crippen MR) is 88.9 cm³/mol. The molecule has 0 unspecified atom stereocenters. The Balaban J connectivity index is 2.16. The van der Waals surface area contributed by atoms with Crippen molar-refractivity contribution >= 4 is 22.5 Å². The van der Waals surface area contributed by atoms with E-state index in [-0.39, 0.29) is 0 Å². The van der Waals surface area contributed by atoms with Gasteiger partial charge in [0.25, 0.3) is 0 Å². The lowest BCUT2D eigenvalue weighted by Crippen LogP contribution is -1.96. The number of rotatable bonds is 3. The maximum atomic E-state index is 6.93.